The highest BCUT2D eigenvalue weighted by Crippen LogP contribution is 2.62. The van der Waals surface area contributed by atoms with Crippen LogP contribution in [0.15, 0.2) is 30.3 Å². The van der Waals surface area contributed by atoms with Crippen LogP contribution in [0.2, 0.25) is 0 Å². The fraction of sp³-hybridized carbons (Fsp3) is 0.571. The summed E-state index contributed by atoms with van der Waals surface area (Å²) in [5.74, 6) is 0.717. The van der Waals surface area contributed by atoms with Crippen LogP contribution in [0.4, 0.5) is 0 Å². The Bertz CT molecular complexity index is 592. The lowest BCUT2D eigenvalue weighted by Crippen LogP contribution is -2.29. The lowest BCUT2D eigenvalue weighted by molar-refractivity contribution is 0.285. The molecular weight excluding hydrogens is 342 g/mol. The van der Waals surface area contributed by atoms with Gasteiger partial charge in [-0.05, 0) is 17.4 Å². The molecule has 0 bridgehead atoms. The van der Waals surface area contributed by atoms with E-state index in [2.05, 4.69) is 37.1 Å². The van der Waals surface area contributed by atoms with Crippen LogP contribution in [0.5, 0.6) is 0 Å². The molecule has 6 heteroatoms. The lowest BCUT2D eigenvalue weighted by Gasteiger charge is -2.21. The number of alkyl halides is 1. The van der Waals surface area contributed by atoms with Crippen LogP contribution >= 0.6 is 15.9 Å². The van der Waals surface area contributed by atoms with E-state index >= 15 is 0 Å². The molecule has 0 spiro atoms. The van der Waals surface area contributed by atoms with E-state index in [0.717, 1.165) is 19.6 Å². The first kappa shape index (κ1) is 14.5. The van der Waals surface area contributed by atoms with Crippen molar-refractivity contribution >= 4 is 26.0 Å². The van der Waals surface area contributed by atoms with Gasteiger partial charge in [-0.25, -0.2) is 0 Å². The van der Waals surface area contributed by atoms with Crippen molar-refractivity contribution in [2.75, 3.05) is 26.0 Å². The summed E-state index contributed by atoms with van der Waals surface area (Å²) in [6.07, 6.45) is 0. The Morgan fingerprint density at radius 2 is 2.10 bits per heavy atom. The highest BCUT2D eigenvalue weighted by molar-refractivity contribution is 9.10. The van der Waals surface area contributed by atoms with E-state index in [9.17, 15) is 8.42 Å². The molecule has 1 aliphatic carbocycles. The molecule has 1 aromatic rings. The summed E-state index contributed by atoms with van der Waals surface area (Å²) in [6.45, 7) is 2.77. The molecule has 2 fully saturated rings. The van der Waals surface area contributed by atoms with Gasteiger partial charge in [-0.3, -0.25) is 9.08 Å². The molecule has 0 aromatic heterocycles. The molecule has 3 atom stereocenters. The van der Waals surface area contributed by atoms with E-state index in [0.29, 0.717) is 5.92 Å². The molecule has 4 nitrogen and oxygen atoms in total. The molecule has 1 saturated carbocycles. The van der Waals surface area contributed by atoms with E-state index in [1.165, 1.54) is 12.7 Å². The van der Waals surface area contributed by atoms with E-state index in [1.54, 1.807) is 0 Å². The second-order valence-electron chi connectivity index (χ2n) is 5.69. The van der Waals surface area contributed by atoms with Gasteiger partial charge in [0.2, 0.25) is 0 Å². The number of benzene rings is 1. The first-order chi connectivity index (χ1) is 9.44. The smallest absolute Gasteiger partial charge is 0.267 e. The number of halogens is 1. The standard InChI is InChI=1S/C14H18BrNO3S/c1-19-20(17,18)9-13-12-8-16(10-14(12,13)15)7-11-5-3-2-4-6-11/h2-6,12-13H,7-10H2,1H3. The maximum atomic E-state index is 11.5. The minimum Gasteiger partial charge on any atom is -0.297 e. The number of hydrogen-bond acceptors (Lipinski definition) is 4. The second-order valence-corrected chi connectivity index (χ2v) is 8.94. The number of nitrogens with zero attached hydrogens (tertiary/aromatic N) is 1. The number of hydrogen-bond donors (Lipinski definition) is 0. The van der Waals surface area contributed by atoms with Crippen molar-refractivity contribution < 1.29 is 12.6 Å². The van der Waals surface area contributed by atoms with Crippen molar-refractivity contribution in [3.05, 3.63) is 35.9 Å². The summed E-state index contributed by atoms with van der Waals surface area (Å²) in [6, 6.07) is 10.4. The third-order valence-corrected chi connectivity index (χ3v) is 7.12. The van der Waals surface area contributed by atoms with Gasteiger partial charge in [0, 0.05) is 24.0 Å². The van der Waals surface area contributed by atoms with Gasteiger partial charge in [-0.2, -0.15) is 8.42 Å². The van der Waals surface area contributed by atoms with E-state index < -0.39 is 10.1 Å². The quantitative estimate of drug-likeness (QED) is 0.594. The molecule has 0 radical (unpaired) electrons. The Kier molecular flexibility index (Phi) is 3.69. The van der Waals surface area contributed by atoms with Gasteiger partial charge in [-0.1, -0.05) is 46.3 Å². The third-order valence-electron chi connectivity index (χ3n) is 4.42. The summed E-state index contributed by atoms with van der Waals surface area (Å²) in [5, 5.41) is 0. The Balaban J connectivity index is 1.59. The van der Waals surface area contributed by atoms with Gasteiger partial charge in [0.1, 0.15) is 0 Å². The van der Waals surface area contributed by atoms with Crippen LogP contribution in [0, 0.1) is 11.8 Å². The highest BCUT2D eigenvalue weighted by Gasteiger charge is 2.68. The average molecular weight is 360 g/mol. The molecule has 1 aliphatic heterocycles. The van der Waals surface area contributed by atoms with Crippen LogP contribution in [-0.2, 0) is 20.8 Å². The van der Waals surface area contributed by atoms with E-state index in [4.69, 9.17) is 0 Å². The van der Waals surface area contributed by atoms with Crippen LogP contribution in [0.1, 0.15) is 5.56 Å². The van der Waals surface area contributed by atoms with Crippen LogP contribution in [-0.4, -0.2) is 43.6 Å². The van der Waals surface area contributed by atoms with Crippen LogP contribution < -0.4 is 0 Å². The fourth-order valence-electron chi connectivity index (χ4n) is 3.27. The largest absolute Gasteiger partial charge is 0.297 e. The molecule has 0 N–H and O–H groups in total. The Morgan fingerprint density at radius 3 is 2.65 bits per heavy atom. The lowest BCUT2D eigenvalue weighted by atomic mass is 10.2. The average Bonchev–Trinajstić information content (AvgIpc) is 2.78. The summed E-state index contributed by atoms with van der Waals surface area (Å²) >= 11 is 3.76. The third kappa shape index (κ3) is 2.66. The molecule has 1 aromatic carbocycles. The Labute approximate surface area is 128 Å². The van der Waals surface area contributed by atoms with Crippen molar-refractivity contribution in [1.82, 2.24) is 4.90 Å². The van der Waals surface area contributed by atoms with Crippen molar-refractivity contribution in [1.29, 1.82) is 0 Å². The molecule has 2 aliphatic rings. The first-order valence-electron chi connectivity index (χ1n) is 6.68. The zero-order valence-electron chi connectivity index (χ0n) is 11.3. The summed E-state index contributed by atoms with van der Waals surface area (Å²) < 4.78 is 27.6. The van der Waals surface area contributed by atoms with Crippen molar-refractivity contribution in [3.63, 3.8) is 0 Å². The predicted octanol–water partition coefficient (Wildman–Crippen LogP) is 1.86. The van der Waals surface area contributed by atoms with Gasteiger partial charge in [0.15, 0.2) is 0 Å². The molecular formula is C14H18BrNO3S. The first-order valence-corrected chi connectivity index (χ1v) is 9.05. The predicted molar refractivity (Wildman–Crippen MR) is 81.2 cm³/mol. The number of likely N-dealkylation sites (tertiary alicyclic amines) is 1. The molecule has 1 saturated heterocycles. The van der Waals surface area contributed by atoms with Crippen LogP contribution in [0.25, 0.3) is 0 Å². The topological polar surface area (TPSA) is 46.6 Å². The Hall–Kier alpha value is -0.430. The van der Waals surface area contributed by atoms with Gasteiger partial charge in [-0.15, -0.1) is 0 Å². The Morgan fingerprint density at radius 1 is 1.40 bits per heavy atom. The highest BCUT2D eigenvalue weighted by atomic mass is 79.9. The molecule has 0 amide bonds. The summed E-state index contributed by atoms with van der Waals surface area (Å²) in [5.41, 5.74) is 1.30. The molecule has 20 heavy (non-hydrogen) atoms. The van der Waals surface area contributed by atoms with Gasteiger partial charge in [0.25, 0.3) is 10.1 Å². The second kappa shape index (κ2) is 5.09. The summed E-state index contributed by atoms with van der Waals surface area (Å²) in [4.78, 5) is 2.38. The molecule has 3 rings (SSSR count). The number of piperidine rings is 1. The van der Waals surface area contributed by atoms with Gasteiger partial charge in [0.05, 0.1) is 12.9 Å². The maximum Gasteiger partial charge on any atom is 0.267 e. The minimum absolute atomic E-state index is 0.0343. The monoisotopic (exact) mass is 359 g/mol. The van der Waals surface area contributed by atoms with Gasteiger partial charge < -0.3 is 0 Å². The zero-order chi connectivity index (χ0) is 14.4. The molecule has 3 unspecified atom stereocenters. The van der Waals surface area contributed by atoms with E-state index in [1.807, 2.05) is 18.2 Å². The van der Waals surface area contributed by atoms with Crippen molar-refractivity contribution in [3.8, 4) is 0 Å². The number of rotatable bonds is 5. The minimum atomic E-state index is -3.36. The number of fused-ring (bicyclic) bond motifs is 1. The normalized spacial score (nSPS) is 33.1. The molecule has 110 valence electrons. The zero-order valence-corrected chi connectivity index (χ0v) is 13.7. The molecule has 1 heterocycles. The maximum absolute atomic E-state index is 11.5. The van der Waals surface area contributed by atoms with E-state index in [-0.39, 0.29) is 16.0 Å². The van der Waals surface area contributed by atoms with Gasteiger partial charge >= 0.3 is 0 Å². The SMILES string of the molecule is COS(=O)(=O)CC1C2CN(Cc3ccccc3)CC21Br. The summed E-state index contributed by atoms with van der Waals surface area (Å²) in [7, 11) is -2.13. The van der Waals surface area contributed by atoms with Crippen molar-refractivity contribution in [2.45, 2.75) is 10.9 Å². The van der Waals surface area contributed by atoms with Crippen molar-refractivity contribution in [2.24, 2.45) is 11.8 Å². The fourth-order valence-corrected chi connectivity index (χ4v) is 5.76. The van der Waals surface area contributed by atoms with Crippen LogP contribution in [0.3, 0.4) is 0 Å².